The maximum Gasteiger partial charge on any atom is 0.408 e. The number of hydrogen-bond donors (Lipinski definition) is 3. The Labute approximate surface area is 213 Å². The molecule has 2 heterocycles. The molecule has 0 saturated heterocycles. The Morgan fingerprint density at radius 2 is 2.00 bits per heavy atom. The molecule has 8 heteroatoms. The van der Waals surface area contributed by atoms with Crippen molar-refractivity contribution in [3.05, 3.63) is 80.4 Å². The Morgan fingerprint density at radius 1 is 1.22 bits per heavy atom. The zero-order valence-electron chi connectivity index (χ0n) is 20.7. The molecule has 0 saturated carbocycles. The van der Waals surface area contributed by atoms with Gasteiger partial charge in [0.1, 0.15) is 17.1 Å². The molecule has 0 bridgehead atoms. The number of rotatable bonds is 11. The van der Waals surface area contributed by atoms with Crippen LogP contribution in [0.2, 0.25) is 0 Å². The molecule has 3 rings (SSSR count). The van der Waals surface area contributed by atoms with E-state index in [1.807, 2.05) is 13.0 Å². The number of ketones is 1. The first-order chi connectivity index (χ1) is 17.2. The summed E-state index contributed by atoms with van der Waals surface area (Å²) in [5.74, 6) is -0.951. The minimum Gasteiger partial charge on any atom is -0.507 e. The van der Waals surface area contributed by atoms with E-state index >= 15 is 0 Å². The summed E-state index contributed by atoms with van der Waals surface area (Å²) in [7, 11) is 0. The fourth-order valence-corrected chi connectivity index (χ4v) is 4.96. The summed E-state index contributed by atoms with van der Waals surface area (Å²) in [4.78, 5) is 37.0. The number of allylic oxidation sites excluding steroid dienone is 2. The number of thiophene rings is 1. The van der Waals surface area contributed by atoms with E-state index in [1.165, 1.54) is 17.8 Å². The molecule has 7 nitrogen and oxygen atoms in total. The summed E-state index contributed by atoms with van der Waals surface area (Å²) in [5, 5.41) is 22.3. The first kappa shape index (κ1) is 26.9. The number of amides is 1. The van der Waals surface area contributed by atoms with Crippen LogP contribution < -0.4 is 10.9 Å². The van der Waals surface area contributed by atoms with Crippen molar-refractivity contribution in [3.63, 3.8) is 0 Å². The SMILES string of the molecule is CCCCc1ccc2cc(C=C(C)C(=O)c3c(O)cc(C(C)CCC=CNC(=O)O)oc3=O)sc2c1. The third-order valence-corrected chi connectivity index (χ3v) is 6.94. The average Bonchev–Trinajstić information content (AvgIpc) is 3.22. The molecule has 0 aliphatic rings. The van der Waals surface area contributed by atoms with Gasteiger partial charge in [-0.25, -0.2) is 9.59 Å². The number of aromatic hydroxyl groups is 1. The van der Waals surface area contributed by atoms with Gasteiger partial charge in [0.2, 0.25) is 0 Å². The predicted molar refractivity (Wildman–Crippen MR) is 143 cm³/mol. The second-order valence-electron chi connectivity index (χ2n) is 8.81. The number of carbonyl (C=O) groups excluding carboxylic acids is 1. The molecule has 3 aromatic rings. The second-order valence-corrected chi connectivity index (χ2v) is 9.92. The number of fused-ring (bicyclic) bond motifs is 1. The Hall–Kier alpha value is -3.65. The molecule has 0 radical (unpaired) electrons. The van der Waals surface area contributed by atoms with Crippen molar-refractivity contribution < 1.29 is 24.2 Å². The van der Waals surface area contributed by atoms with E-state index in [9.17, 15) is 19.5 Å². The highest BCUT2D eigenvalue weighted by Crippen LogP contribution is 2.30. The Morgan fingerprint density at radius 3 is 2.69 bits per heavy atom. The van der Waals surface area contributed by atoms with Gasteiger partial charge in [0.15, 0.2) is 5.78 Å². The van der Waals surface area contributed by atoms with E-state index in [0.29, 0.717) is 18.4 Å². The van der Waals surface area contributed by atoms with Crippen molar-refractivity contribution in [1.82, 2.24) is 5.32 Å². The molecular formula is C28H31NO6S. The summed E-state index contributed by atoms with van der Waals surface area (Å²) in [5.41, 5.74) is 0.356. The van der Waals surface area contributed by atoms with Gasteiger partial charge in [-0.15, -0.1) is 11.3 Å². The molecule has 190 valence electrons. The van der Waals surface area contributed by atoms with Crippen LogP contribution in [0.4, 0.5) is 4.79 Å². The summed E-state index contributed by atoms with van der Waals surface area (Å²) < 4.78 is 6.51. The highest BCUT2D eigenvalue weighted by Gasteiger charge is 2.22. The molecule has 2 aromatic heterocycles. The second kappa shape index (κ2) is 12.4. The van der Waals surface area contributed by atoms with Crippen LogP contribution in [0.5, 0.6) is 5.75 Å². The molecule has 1 aromatic carbocycles. The van der Waals surface area contributed by atoms with Crippen LogP contribution in [0.25, 0.3) is 16.2 Å². The molecule has 0 aliphatic carbocycles. The Kier molecular flexibility index (Phi) is 9.25. The van der Waals surface area contributed by atoms with Gasteiger partial charge in [-0.1, -0.05) is 38.5 Å². The molecule has 0 aliphatic heterocycles. The highest BCUT2D eigenvalue weighted by molar-refractivity contribution is 7.19. The maximum atomic E-state index is 13.0. The number of carboxylic acid groups (broad SMARTS) is 1. The predicted octanol–water partition coefficient (Wildman–Crippen LogP) is 6.85. The molecule has 36 heavy (non-hydrogen) atoms. The molecule has 3 N–H and O–H groups in total. The number of unbranched alkanes of at least 4 members (excludes halogenated alkanes) is 1. The van der Waals surface area contributed by atoms with Crippen molar-refractivity contribution in [3.8, 4) is 5.75 Å². The summed E-state index contributed by atoms with van der Waals surface area (Å²) in [6, 6.07) is 9.72. The normalized spacial score (nSPS) is 12.8. The van der Waals surface area contributed by atoms with Gasteiger partial charge in [-0.05, 0) is 67.3 Å². The van der Waals surface area contributed by atoms with Gasteiger partial charge >= 0.3 is 11.7 Å². The number of Topliss-reactive ketones (excluding diaryl/α,β-unsaturated/α-hetero) is 1. The van der Waals surface area contributed by atoms with E-state index in [4.69, 9.17) is 9.52 Å². The first-order valence-corrected chi connectivity index (χ1v) is 12.8. The standard InChI is InChI=1S/C28H31NO6S/c1-4-5-9-19-10-11-20-15-21(36-24(20)14-19)13-18(3)26(31)25-22(30)16-23(35-27(25)32)17(2)8-6-7-12-29-28(33)34/h7,10-17,29-30H,4-6,8-9H2,1-3H3,(H,33,34). The largest absolute Gasteiger partial charge is 0.507 e. The number of carbonyl (C=O) groups is 2. The van der Waals surface area contributed by atoms with Crippen molar-refractivity contribution in [1.29, 1.82) is 0 Å². The minimum atomic E-state index is -1.15. The lowest BCUT2D eigenvalue weighted by molar-refractivity contribution is 0.102. The van der Waals surface area contributed by atoms with E-state index in [1.54, 1.807) is 30.4 Å². The van der Waals surface area contributed by atoms with Crippen molar-refractivity contribution in [2.75, 3.05) is 0 Å². The first-order valence-electron chi connectivity index (χ1n) is 12.0. The topological polar surface area (TPSA) is 117 Å². The van der Waals surface area contributed by atoms with Crippen LogP contribution in [0.15, 0.2) is 57.4 Å². The number of aryl methyl sites for hydroxylation is 1. The molecule has 0 fully saturated rings. The van der Waals surface area contributed by atoms with E-state index in [-0.39, 0.29) is 17.2 Å². The van der Waals surface area contributed by atoms with Crippen LogP contribution in [0.3, 0.4) is 0 Å². The van der Waals surface area contributed by atoms with Gasteiger partial charge in [-0.2, -0.15) is 0 Å². The quantitative estimate of drug-likeness (QED) is 0.192. The van der Waals surface area contributed by atoms with E-state index in [2.05, 4.69) is 30.4 Å². The van der Waals surface area contributed by atoms with Crippen LogP contribution in [-0.4, -0.2) is 22.1 Å². The lowest BCUT2D eigenvalue weighted by Crippen LogP contribution is -2.16. The zero-order valence-corrected chi connectivity index (χ0v) is 21.5. The van der Waals surface area contributed by atoms with E-state index in [0.717, 1.165) is 34.2 Å². The van der Waals surface area contributed by atoms with Crippen molar-refractivity contribution in [2.24, 2.45) is 0 Å². The van der Waals surface area contributed by atoms with Crippen LogP contribution in [0, 0.1) is 0 Å². The molecular weight excluding hydrogens is 478 g/mol. The van der Waals surface area contributed by atoms with Gasteiger partial charge in [0, 0.05) is 27.8 Å². The maximum absolute atomic E-state index is 13.0. The Balaban J connectivity index is 1.75. The lowest BCUT2D eigenvalue weighted by atomic mass is 10.00. The highest BCUT2D eigenvalue weighted by atomic mass is 32.1. The molecule has 1 amide bonds. The van der Waals surface area contributed by atoms with Crippen molar-refractivity contribution >= 4 is 39.4 Å². The monoisotopic (exact) mass is 509 g/mol. The molecule has 1 unspecified atom stereocenters. The molecule has 1 atom stereocenters. The van der Waals surface area contributed by atoms with Gasteiger partial charge in [0.25, 0.3) is 0 Å². The third kappa shape index (κ3) is 6.95. The van der Waals surface area contributed by atoms with Crippen molar-refractivity contribution in [2.45, 2.75) is 58.8 Å². The number of nitrogens with one attached hydrogen (secondary N) is 1. The third-order valence-electron chi connectivity index (χ3n) is 5.89. The smallest absolute Gasteiger partial charge is 0.408 e. The minimum absolute atomic E-state index is 0.223. The lowest BCUT2D eigenvalue weighted by Gasteiger charge is -2.11. The Bertz CT molecular complexity index is 1360. The van der Waals surface area contributed by atoms with Gasteiger partial charge in [-0.3, -0.25) is 10.1 Å². The summed E-state index contributed by atoms with van der Waals surface area (Å²) >= 11 is 1.58. The average molecular weight is 510 g/mol. The van der Waals surface area contributed by atoms with E-state index < -0.39 is 23.3 Å². The van der Waals surface area contributed by atoms with Gasteiger partial charge in [0.05, 0.1) is 0 Å². The zero-order chi connectivity index (χ0) is 26.2. The van der Waals surface area contributed by atoms with Crippen LogP contribution in [0.1, 0.15) is 78.9 Å². The summed E-state index contributed by atoms with van der Waals surface area (Å²) in [6.45, 7) is 5.60. The van der Waals surface area contributed by atoms with Crippen LogP contribution in [-0.2, 0) is 6.42 Å². The van der Waals surface area contributed by atoms with Gasteiger partial charge < -0.3 is 14.6 Å². The van der Waals surface area contributed by atoms with Crippen LogP contribution >= 0.6 is 11.3 Å². The fourth-order valence-electron chi connectivity index (χ4n) is 3.83. The molecule has 0 spiro atoms. The fraction of sp³-hybridized carbons (Fsp3) is 0.321. The number of hydrogen-bond acceptors (Lipinski definition) is 6. The summed E-state index contributed by atoms with van der Waals surface area (Å²) in [6.07, 6.45) is 7.95. The number of benzene rings is 1.